The fourth-order valence-corrected chi connectivity index (χ4v) is 1.54. The van der Waals surface area contributed by atoms with E-state index in [4.69, 9.17) is 22.1 Å². The first-order chi connectivity index (χ1) is 7.06. The standard InChI is InChI=1S/C11H15ClFNO/c1-7(2)15-10(6-14)8-4-3-5-9(12)11(8)13/h3-5,7,10H,6,14H2,1-2H3. The molecule has 4 heteroatoms. The van der Waals surface area contributed by atoms with Gasteiger partial charge in [-0.3, -0.25) is 0 Å². The molecule has 1 atom stereocenters. The molecule has 0 aliphatic rings. The first-order valence-corrected chi connectivity index (χ1v) is 5.23. The Morgan fingerprint density at radius 1 is 1.47 bits per heavy atom. The predicted octanol–water partition coefficient (Wildman–Crippen LogP) is 2.90. The molecule has 2 N–H and O–H groups in total. The molecule has 0 aromatic heterocycles. The minimum Gasteiger partial charge on any atom is -0.369 e. The summed E-state index contributed by atoms with van der Waals surface area (Å²) >= 11 is 5.68. The van der Waals surface area contributed by atoms with E-state index in [1.165, 1.54) is 6.07 Å². The van der Waals surface area contributed by atoms with Crippen LogP contribution in [0.2, 0.25) is 5.02 Å². The Morgan fingerprint density at radius 3 is 2.67 bits per heavy atom. The minimum atomic E-state index is -0.449. The predicted molar refractivity (Wildman–Crippen MR) is 59.4 cm³/mol. The Balaban J connectivity index is 2.96. The molecule has 0 spiro atoms. The summed E-state index contributed by atoms with van der Waals surface area (Å²) in [6.45, 7) is 3.99. The van der Waals surface area contributed by atoms with E-state index in [9.17, 15) is 4.39 Å². The molecule has 1 aromatic carbocycles. The zero-order valence-electron chi connectivity index (χ0n) is 8.84. The van der Waals surface area contributed by atoms with Crippen LogP contribution in [0.1, 0.15) is 25.5 Å². The summed E-state index contributed by atoms with van der Waals surface area (Å²) in [5.74, 6) is -0.449. The zero-order chi connectivity index (χ0) is 11.4. The van der Waals surface area contributed by atoms with Crippen LogP contribution in [0, 0.1) is 5.82 Å². The first-order valence-electron chi connectivity index (χ1n) is 4.85. The fraction of sp³-hybridized carbons (Fsp3) is 0.455. The van der Waals surface area contributed by atoms with Gasteiger partial charge in [-0.2, -0.15) is 0 Å². The number of hydrogen-bond donors (Lipinski definition) is 1. The maximum absolute atomic E-state index is 13.6. The first kappa shape index (κ1) is 12.4. The van der Waals surface area contributed by atoms with Crippen LogP contribution in [-0.2, 0) is 4.74 Å². The maximum Gasteiger partial charge on any atom is 0.147 e. The number of ether oxygens (including phenoxy) is 1. The van der Waals surface area contributed by atoms with Crippen molar-refractivity contribution in [2.75, 3.05) is 6.54 Å². The Labute approximate surface area is 94.2 Å². The third-order valence-corrected chi connectivity index (χ3v) is 2.27. The highest BCUT2D eigenvalue weighted by Gasteiger charge is 2.17. The summed E-state index contributed by atoms with van der Waals surface area (Å²) < 4.78 is 19.1. The third-order valence-electron chi connectivity index (χ3n) is 1.98. The van der Waals surface area contributed by atoms with Gasteiger partial charge in [0.1, 0.15) is 5.82 Å². The molecule has 2 nitrogen and oxygen atoms in total. The van der Waals surface area contributed by atoms with Crippen LogP contribution in [0.15, 0.2) is 18.2 Å². The van der Waals surface area contributed by atoms with Crippen molar-refractivity contribution in [1.82, 2.24) is 0 Å². The van der Waals surface area contributed by atoms with Gasteiger partial charge >= 0.3 is 0 Å². The van der Waals surface area contributed by atoms with Gasteiger partial charge in [-0.05, 0) is 19.9 Å². The number of benzene rings is 1. The van der Waals surface area contributed by atoms with Gasteiger partial charge < -0.3 is 10.5 Å². The molecular weight excluding hydrogens is 217 g/mol. The van der Waals surface area contributed by atoms with E-state index < -0.39 is 11.9 Å². The molecular formula is C11H15ClFNO. The van der Waals surface area contributed by atoms with Crippen molar-refractivity contribution in [3.63, 3.8) is 0 Å². The van der Waals surface area contributed by atoms with Crippen LogP contribution in [0.5, 0.6) is 0 Å². The topological polar surface area (TPSA) is 35.2 Å². The molecule has 0 fully saturated rings. The number of hydrogen-bond acceptors (Lipinski definition) is 2. The zero-order valence-corrected chi connectivity index (χ0v) is 9.59. The minimum absolute atomic E-state index is 0.00284. The van der Waals surface area contributed by atoms with Crippen molar-refractivity contribution in [3.8, 4) is 0 Å². The highest BCUT2D eigenvalue weighted by Crippen LogP contribution is 2.25. The lowest BCUT2D eigenvalue weighted by atomic mass is 10.1. The molecule has 0 saturated carbocycles. The Bertz CT molecular complexity index is 330. The van der Waals surface area contributed by atoms with E-state index in [-0.39, 0.29) is 17.7 Å². The molecule has 1 rings (SSSR count). The molecule has 1 aromatic rings. The SMILES string of the molecule is CC(C)OC(CN)c1cccc(Cl)c1F. The van der Waals surface area contributed by atoms with E-state index in [2.05, 4.69) is 0 Å². The van der Waals surface area contributed by atoms with Gasteiger partial charge in [0.25, 0.3) is 0 Å². The van der Waals surface area contributed by atoms with Gasteiger partial charge in [0.15, 0.2) is 0 Å². The van der Waals surface area contributed by atoms with Crippen molar-refractivity contribution < 1.29 is 9.13 Å². The van der Waals surface area contributed by atoms with Gasteiger partial charge in [-0.1, -0.05) is 23.7 Å². The molecule has 1 unspecified atom stereocenters. The Morgan fingerprint density at radius 2 is 2.13 bits per heavy atom. The molecule has 0 aliphatic carbocycles. The van der Waals surface area contributed by atoms with Crippen molar-refractivity contribution >= 4 is 11.6 Å². The van der Waals surface area contributed by atoms with Gasteiger partial charge in [0.2, 0.25) is 0 Å². The van der Waals surface area contributed by atoms with Gasteiger partial charge in [0, 0.05) is 12.1 Å². The van der Waals surface area contributed by atoms with Gasteiger partial charge in [-0.15, -0.1) is 0 Å². The quantitative estimate of drug-likeness (QED) is 0.865. The van der Waals surface area contributed by atoms with E-state index >= 15 is 0 Å². The van der Waals surface area contributed by atoms with E-state index in [1.54, 1.807) is 12.1 Å². The van der Waals surface area contributed by atoms with Crippen LogP contribution in [0.3, 0.4) is 0 Å². The molecule has 0 saturated heterocycles. The van der Waals surface area contributed by atoms with Crippen LogP contribution < -0.4 is 5.73 Å². The van der Waals surface area contributed by atoms with Gasteiger partial charge in [0.05, 0.1) is 17.2 Å². The lowest BCUT2D eigenvalue weighted by Crippen LogP contribution is -2.20. The number of halogens is 2. The van der Waals surface area contributed by atoms with Crippen molar-refractivity contribution in [1.29, 1.82) is 0 Å². The fourth-order valence-electron chi connectivity index (χ4n) is 1.35. The molecule has 15 heavy (non-hydrogen) atoms. The summed E-state index contributed by atoms with van der Waals surface area (Å²) in [7, 11) is 0. The van der Waals surface area contributed by atoms with E-state index in [0.29, 0.717) is 5.56 Å². The second kappa shape index (κ2) is 5.45. The van der Waals surface area contributed by atoms with Crippen molar-refractivity contribution in [2.24, 2.45) is 5.73 Å². The van der Waals surface area contributed by atoms with Crippen LogP contribution >= 0.6 is 11.6 Å². The normalized spacial score (nSPS) is 13.2. The molecule has 0 radical (unpaired) electrons. The molecule has 0 heterocycles. The number of nitrogens with two attached hydrogens (primary N) is 1. The molecule has 0 bridgehead atoms. The highest BCUT2D eigenvalue weighted by atomic mass is 35.5. The number of rotatable bonds is 4. The largest absolute Gasteiger partial charge is 0.369 e. The lowest BCUT2D eigenvalue weighted by molar-refractivity contribution is 0.0101. The summed E-state index contributed by atoms with van der Waals surface area (Å²) in [6.07, 6.45) is -0.444. The Hall–Kier alpha value is -0.640. The monoisotopic (exact) mass is 231 g/mol. The maximum atomic E-state index is 13.6. The van der Waals surface area contributed by atoms with Gasteiger partial charge in [-0.25, -0.2) is 4.39 Å². The Kier molecular flexibility index (Phi) is 4.51. The van der Waals surface area contributed by atoms with E-state index in [0.717, 1.165) is 0 Å². The second-order valence-electron chi connectivity index (χ2n) is 3.55. The van der Waals surface area contributed by atoms with Crippen molar-refractivity contribution in [2.45, 2.75) is 26.1 Å². The molecule has 0 aliphatic heterocycles. The van der Waals surface area contributed by atoms with Crippen LogP contribution in [0.4, 0.5) is 4.39 Å². The third kappa shape index (κ3) is 3.16. The van der Waals surface area contributed by atoms with Crippen LogP contribution in [-0.4, -0.2) is 12.6 Å². The summed E-state index contributed by atoms with van der Waals surface area (Å²) in [4.78, 5) is 0. The summed E-state index contributed by atoms with van der Waals surface area (Å²) in [5, 5.41) is 0.0957. The summed E-state index contributed by atoms with van der Waals surface area (Å²) in [6, 6.07) is 4.83. The van der Waals surface area contributed by atoms with Crippen LogP contribution in [0.25, 0.3) is 0 Å². The summed E-state index contributed by atoms with van der Waals surface area (Å²) in [5.41, 5.74) is 5.95. The lowest BCUT2D eigenvalue weighted by Gasteiger charge is -2.19. The average Bonchev–Trinajstić information content (AvgIpc) is 2.19. The second-order valence-corrected chi connectivity index (χ2v) is 3.96. The average molecular weight is 232 g/mol. The van der Waals surface area contributed by atoms with Crippen molar-refractivity contribution in [3.05, 3.63) is 34.6 Å². The highest BCUT2D eigenvalue weighted by molar-refractivity contribution is 6.30. The van der Waals surface area contributed by atoms with E-state index in [1.807, 2.05) is 13.8 Å². The molecule has 84 valence electrons. The smallest absolute Gasteiger partial charge is 0.147 e. The molecule has 0 amide bonds.